The topological polar surface area (TPSA) is 104 Å². The molecule has 3 N–H and O–H groups in total. The smallest absolute Gasteiger partial charge is 0.409 e. The van der Waals surface area contributed by atoms with E-state index >= 15 is 0 Å². The summed E-state index contributed by atoms with van der Waals surface area (Å²) >= 11 is 0. The minimum absolute atomic E-state index is 0.237. The number of halogens is 1. The van der Waals surface area contributed by atoms with Crippen LogP contribution in [0.1, 0.15) is 19.5 Å². The summed E-state index contributed by atoms with van der Waals surface area (Å²) in [6, 6.07) is 7.41. The monoisotopic (exact) mass is 368 g/mol. The zero-order valence-corrected chi connectivity index (χ0v) is 14.7. The Morgan fingerprint density at radius 2 is 1.93 bits per heavy atom. The molecule has 3 rings (SSSR count). The number of benzene rings is 1. The Balaban J connectivity index is 2.14. The van der Waals surface area contributed by atoms with E-state index in [0.717, 1.165) is 0 Å². The lowest BCUT2D eigenvalue weighted by molar-refractivity contribution is -0.114. The van der Waals surface area contributed by atoms with E-state index in [-0.39, 0.29) is 17.2 Å². The molecule has 0 atom stereocenters. The standard InChI is InChI=1S/C19H17FN4O3/c1-3-16-14(13-7-12(23-19(26)27)4-5-15(13)20)6-11-9-21-18(22-10(2)25)8-17(11)24-16/h4-9,23H,3H2,1-2H3,(H,26,27)(H,21,22,25). The van der Waals surface area contributed by atoms with Crippen molar-refractivity contribution >= 4 is 34.4 Å². The zero-order valence-electron chi connectivity index (χ0n) is 14.7. The molecule has 0 aliphatic heterocycles. The van der Waals surface area contributed by atoms with Crippen LogP contribution in [0.2, 0.25) is 0 Å². The molecule has 0 spiro atoms. The molecule has 0 saturated carbocycles. The number of aryl methyl sites for hydroxylation is 1. The van der Waals surface area contributed by atoms with E-state index in [4.69, 9.17) is 5.11 Å². The predicted octanol–water partition coefficient (Wildman–Crippen LogP) is 4.05. The predicted molar refractivity (Wildman–Crippen MR) is 100 cm³/mol. The first kappa shape index (κ1) is 18.2. The average molecular weight is 368 g/mol. The molecule has 3 aromatic rings. The second kappa shape index (κ2) is 7.36. The Morgan fingerprint density at radius 3 is 2.59 bits per heavy atom. The number of carbonyl (C=O) groups is 2. The lowest BCUT2D eigenvalue weighted by Crippen LogP contribution is -2.08. The molecule has 0 unspecified atom stereocenters. The van der Waals surface area contributed by atoms with E-state index < -0.39 is 11.9 Å². The first-order valence-electron chi connectivity index (χ1n) is 8.24. The van der Waals surface area contributed by atoms with E-state index in [0.29, 0.717) is 34.4 Å². The number of rotatable bonds is 4. The highest BCUT2D eigenvalue weighted by atomic mass is 19.1. The normalized spacial score (nSPS) is 10.6. The number of hydrogen-bond donors (Lipinski definition) is 3. The molecule has 0 aliphatic carbocycles. The number of aromatic nitrogens is 2. The number of nitrogens with zero attached hydrogens (tertiary/aromatic N) is 2. The number of hydrogen-bond acceptors (Lipinski definition) is 4. The van der Waals surface area contributed by atoms with E-state index in [1.807, 2.05) is 6.92 Å². The van der Waals surface area contributed by atoms with E-state index in [2.05, 4.69) is 20.6 Å². The minimum Gasteiger partial charge on any atom is -0.465 e. The van der Waals surface area contributed by atoms with Crippen LogP contribution >= 0.6 is 0 Å². The summed E-state index contributed by atoms with van der Waals surface area (Å²) in [5.74, 6) is -0.334. The van der Waals surface area contributed by atoms with Gasteiger partial charge in [-0.3, -0.25) is 15.1 Å². The number of carboxylic acid groups (broad SMARTS) is 1. The molecule has 0 radical (unpaired) electrons. The van der Waals surface area contributed by atoms with Gasteiger partial charge in [0, 0.05) is 47.1 Å². The molecule has 138 valence electrons. The Bertz CT molecular complexity index is 1050. The second-order valence-corrected chi connectivity index (χ2v) is 5.90. The fourth-order valence-corrected chi connectivity index (χ4v) is 2.79. The SMILES string of the molecule is CCc1nc2cc(NC(C)=O)ncc2cc1-c1cc(NC(=O)O)ccc1F. The third-order valence-electron chi connectivity index (χ3n) is 3.92. The van der Waals surface area contributed by atoms with Crippen molar-refractivity contribution in [3.05, 3.63) is 48.0 Å². The van der Waals surface area contributed by atoms with Crippen LogP contribution in [0.25, 0.3) is 22.0 Å². The number of pyridine rings is 2. The van der Waals surface area contributed by atoms with Gasteiger partial charge < -0.3 is 10.4 Å². The molecule has 27 heavy (non-hydrogen) atoms. The van der Waals surface area contributed by atoms with Gasteiger partial charge in [0.25, 0.3) is 0 Å². The van der Waals surface area contributed by atoms with E-state index in [9.17, 15) is 14.0 Å². The lowest BCUT2D eigenvalue weighted by Gasteiger charge is -2.12. The Labute approximate surface area is 154 Å². The van der Waals surface area contributed by atoms with Gasteiger partial charge in [0.2, 0.25) is 5.91 Å². The molecule has 2 aromatic heterocycles. The van der Waals surface area contributed by atoms with E-state index in [1.165, 1.54) is 25.1 Å². The van der Waals surface area contributed by atoms with Crippen molar-refractivity contribution in [3.63, 3.8) is 0 Å². The number of amides is 2. The highest BCUT2D eigenvalue weighted by Crippen LogP contribution is 2.31. The van der Waals surface area contributed by atoms with Crippen molar-refractivity contribution in [2.75, 3.05) is 10.6 Å². The van der Waals surface area contributed by atoms with Gasteiger partial charge in [-0.05, 0) is 30.7 Å². The summed E-state index contributed by atoms with van der Waals surface area (Å²) < 4.78 is 14.5. The summed E-state index contributed by atoms with van der Waals surface area (Å²) in [7, 11) is 0. The van der Waals surface area contributed by atoms with Crippen molar-refractivity contribution in [1.29, 1.82) is 0 Å². The molecule has 0 aliphatic rings. The fourth-order valence-electron chi connectivity index (χ4n) is 2.79. The maximum atomic E-state index is 14.5. The van der Waals surface area contributed by atoms with Crippen LogP contribution in [0.5, 0.6) is 0 Å². The second-order valence-electron chi connectivity index (χ2n) is 5.90. The number of fused-ring (bicyclic) bond motifs is 1. The van der Waals surface area contributed by atoms with Crippen molar-refractivity contribution in [2.24, 2.45) is 0 Å². The third-order valence-corrected chi connectivity index (χ3v) is 3.92. The fraction of sp³-hybridized carbons (Fsp3) is 0.158. The van der Waals surface area contributed by atoms with Gasteiger partial charge in [-0.15, -0.1) is 0 Å². The lowest BCUT2D eigenvalue weighted by atomic mass is 9.99. The maximum Gasteiger partial charge on any atom is 0.409 e. The largest absolute Gasteiger partial charge is 0.465 e. The number of anilines is 2. The summed E-state index contributed by atoms with van der Waals surface area (Å²) in [6.45, 7) is 3.28. The Morgan fingerprint density at radius 1 is 1.15 bits per heavy atom. The molecule has 2 amide bonds. The maximum absolute atomic E-state index is 14.5. The van der Waals surface area contributed by atoms with Crippen molar-refractivity contribution in [3.8, 4) is 11.1 Å². The molecule has 2 heterocycles. The van der Waals surface area contributed by atoms with Crippen LogP contribution in [-0.2, 0) is 11.2 Å². The zero-order chi connectivity index (χ0) is 19.6. The quantitative estimate of drug-likeness (QED) is 0.644. The van der Waals surface area contributed by atoms with Gasteiger partial charge in [-0.2, -0.15) is 0 Å². The molecule has 1 aromatic carbocycles. The Kier molecular flexibility index (Phi) is 4.98. The van der Waals surface area contributed by atoms with Gasteiger partial charge in [-0.25, -0.2) is 14.2 Å². The van der Waals surface area contributed by atoms with Crippen LogP contribution in [0.15, 0.2) is 36.5 Å². The van der Waals surface area contributed by atoms with Gasteiger partial charge in [0.15, 0.2) is 0 Å². The van der Waals surface area contributed by atoms with Crippen LogP contribution in [0, 0.1) is 5.82 Å². The van der Waals surface area contributed by atoms with Crippen LogP contribution in [0.3, 0.4) is 0 Å². The van der Waals surface area contributed by atoms with Crippen molar-refractivity contribution < 1.29 is 19.1 Å². The van der Waals surface area contributed by atoms with Crippen molar-refractivity contribution in [1.82, 2.24) is 9.97 Å². The number of nitrogens with one attached hydrogen (secondary N) is 2. The van der Waals surface area contributed by atoms with Crippen molar-refractivity contribution in [2.45, 2.75) is 20.3 Å². The van der Waals surface area contributed by atoms with Gasteiger partial charge >= 0.3 is 6.09 Å². The van der Waals surface area contributed by atoms with E-state index in [1.54, 1.807) is 18.3 Å². The molecule has 0 bridgehead atoms. The highest BCUT2D eigenvalue weighted by Gasteiger charge is 2.14. The first-order chi connectivity index (χ1) is 12.9. The molecule has 0 fully saturated rings. The molecule has 8 heteroatoms. The first-order valence-corrected chi connectivity index (χ1v) is 8.24. The molecular weight excluding hydrogens is 351 g/mol. The molecule has 0 saturated heterocycles. The number of carbonyl (C=O) groups excluding carboxylic acids is 1. The highest BCUT2D eigenvalue weighted by molar-refractivity contribution is 5.92. The summed E-state index contributed by atoms with van der Waals surface area (Å²) in [6.07, 6.45) is 0.863. The summed E-state index contributed by atoms with van der Waals surface area (Å²) in [5, 5.41) is 14.4. The van der Waals surface area contributed by atoms with Gasteiger partial charge in [0.05, 0.1) is 5.52 Å². The molecule has 7 nitrogen and oxygen atoms in total. The van der Waals surface area contributed by atoms with Crippen LogP contribution in [-0.4, -0.2) is 27.1 Å². The van der Waals surface area contributed by atoms with Gasteiger partial charge in [-0.1, -0.05) is 6.92 Å². The molecular formula is C19H17FN4O3. The summed E-state index contributed by atoms with van der Waals surface area (Å²) in [4.78, 5) is 30.8. The van der Waals surface area contributed by atoms with Gasteiger partial charge in [0.1, 0.15) is 11.6 Å². The van der Waals surface area contributed by atoms with Crippen LogP contribution in [0.4, 0.5) is 20.7 Å². The van der Waals surface area contributed by atoms with Crippen LogP contribution < -0.4 is 10.6 Å². The average Bonchev–Trinajstić information content (AvgIpc) is 2.61. The minimum atomic E-state index is -1.23. The Hall–Kier alpha value is -3.55. The third kappa shape index (κ3) is 4.00. The summed E-state index contributed by atoms with van der Waals surface area (Å²) in [5.41, 5.74) is 2.34.